The van der Waals surface area contributed by atoms with Gasteiger partial charge in [-0.3, -0.25) is 0 Å². The van der Waals surface area contributed by atoms with Gasteiger partial charge in [0.25, 0.3) is 5.92 Å². The Bertz CT molecular complexity index is 571. The summed E-state index contributed by atoms with van der Waals surface area (Å²) in [5, 5.41) is 10.0. The van der Waals surface area contributed by atoms with E-state index in [1.54, 1.807) is 6.92 Å². The molecule has 4 aliphatic rings. The van der Waals surface area contributed by atoms with Crippen molar-refractivity contribution < 1.29 is 13.9 Å². The van der Waals surface area contributed by atoms with Gasteiger partial charge in [0.1, 0.15) is 0 Å². The van der Waals surface area contributed by atoms with Crippen molar-refractivity contribution in [3.05, 3.63) is 11.6 Å². The Labute approximate surface area is 157 Å². The van der Waals surface area contributed by atoms with Gasteiger partial charge in [-0.15, -0.1) is 0 Å². The Morgan fingerprint density at radius 1 is 1.19 bits per heavy atom. The zero-order valence-electron chi connectivity index (χ0n) is 16.7. The molecule has 3 heteroatoms. The lowest BCUT2D eigenvalue weighted by atomic mass is 9.51. The number of halogens is 2. The average molecular weight is 367 g/mol. The summed E-state index contributed by atoms with van der Waals surface area (Å²) < 4.78 is 29.0. The molecule has 3 saturated carbocycles. The topological polar surface area (TPSA) is 20.2 Å². The summed E-state index contributed by atoms with van der Waals surface area (Å²) in [6.07, 6.45) is 10.8. The van der Waals surface area contributed by atoms with Gasteiger partial charge in [-0.1, -0.05) is 32.4 Å². The Morgan fingerprint density at radius 3 is 2.69 bits per heavy atom. The van der Waals surface area contributed by atoms with Crippen LogP contribution in [-0.2, 0) is 0 Å². The Balaban J connectivity index is 1.57. The summed E-state index contributed by atoms with van der Waals surface area (Å²) in [5.74, 6) is -0.160. The molecule has 0 aromatic carbocycles. The number of aliphatic hydroxyl groups is 1. The van der Waals surface area contributed by atoms with Crippen LogP contribution >= 0.6 is 0 Å². The van der Waals surface area contributed by atoms with Gasteiger partial charge in [0, 0.05) is 12.3 Å². The van der Waals surface area contributed by atoms with Crippen LogP contribution < -0.4 is 0 Å². The summed E-state index contributed by atoms with van der Waals surface area (Å²) in [4.78, 5) is 0. The van der Waals surface area contributed by atoms with Crippen LogP contribution in [0.1, 0.15) is 78.6 Å². The van der Waals surface area contributed by atoms with E-state index in [1.165, 1.54) is 12.0 Å². The fourth-order valence-corrected chi connectivity index (χ4v) is 7.73. The Morgan fingerprint density at radius 2 is 1.96 bits per heavy atom. The van der Waals surface area contributed by atoms with Crippen LogP contribution in [0.2, 0.25) is 0 Å². The van der Waals surface area contributed by atoms with Gasteiger partial charge in [0.05, 0.1) is 6.10 Å². The molecule has 26 heavy (non-hydrogen) atoms. The SMILES string of the molecule is CCC(F)(F)C(C)[C@H]1CCC2C3CC=C4C[C@@H](O)CC[C@@H]4C3CC[C@@]21C. The van der Waals surface area contributed by atoms with Crippen molar-refractivity contribution >= 4 is 0 Å². The standard InChI is InChI=1S/C23H36F2O/c1-4-23(24,25)14(2)20-9-10-21-19-7-5-15-13-16(26)6-8-17(15)18(19)11-12-22(20,21)3/h5,14,16-21,26H,4,6-13H2,1-3H3/t14?,16-,17-,18?,19?,20+,21?,22+/m0/s1. The maximum absolute atomic E-state index is 14.5. The van der Waals surface area contributed by atoms with Crippen LogP contribution in [-0.4, -0.2) is 17.1 Å². The molecule has 4 unspecified atom stereocenters. The number of aliphatic hydroxyl groups excluding tert-OH is 1. The van der Waals surface area contributed by atoms with Crippen molar-refractivity contribution in [2.75, 3.05) is 0 Å². The van der Waals surface area contributed by atoms with E-state index in [9.17, 15) is 13.9 Å². The third-order valence-electron chi connectivity index (χ3n) is 9.23. The molecule has 0 radical (unpaired) electrons. The summed E-state index contributed by atoms with van der Waals surface area (Å²) in [6, 6.07) is 0. The maximum atomic E-state index is 14.5. The molecule has 8 atom stereocenters. The second kappa shape index (κ2) is 6.57. The molecule has 1 N–H and O–H groups in total. The predicted molar refractivity (Wildman–Crippen MR) is 101 cm³/mol. The molecular formula is C23H36F2O. The van der Waals surface area contributed by atoms with Crippen molar-refractivity contribution in [3.63, 3.8) is 0 Å². The minimum atomic E-state index is -2.53. The van der Waals surface area contributed by atoms with Crippen LogP contribution in [0.15, 0.2) is 11.6 Å². The Kier molecular flexibility index (Phi) is 4.77. The van der Waals surface area contributed by atoms with Gasteiger partial charge < -0.3 is 5.11 Å². The molecule has 4 rings (SSSR count). The summed E-state index contributed by atoms with van der Waals surface area (Å²) in [6.45, 7) is 5.79. The van der Waals surface area contributed by atoms with E-state index in [-0.39, 0.29) is 23.9 Å². The first-order valence-electron chi connectivity index (χ1n) is 11.0. The second-order valence-corrected chi connectivity index (χ2v) is 10.1. The van der Waals surface area contributed by atoms with Crippen LogP contribution in [0.5, 0.6) is 0 Å². The smallest absolute Gasteiger partial charge is 0.250 e. The molecule has 0 bridgehead atoms. The average Bonchev–Trinajstić information content (AvgIpc) is 2.97. The van der Waals surface area contributed by atoms with Gasteiger partial charge in [-0.2, -0.15) is 0 Å². The molecule has 1 nitrogen and oxygen atoms in total. The number of alkyl halides is 2. The molecule has 0 aliphatic heterocycles. The highest BCUT2D eigenvalue weighted by Gasteiger charge is 2.59. The van der Waals surface area contributed by atoms with Crippen LogP contribution in [0.25, 0.3) is 0 Å². The number of rotatable bonds is 3. The first kappa shape index (κ1) is 18.9. The van der Waals surface area contributed by atoms with E-state index in [4.69, 9.17) is 0 Å². The lowest BCUT2D eigenvalue weighted by Gasteiger charge is -2.54. The van der Waals surface area contributed by atoms with E-state index < -0.39 is 11.8 Å². The zero-order valence-corrected chi connectivity index (χ0v) is 16.7. The number of fused-ring (bicyclic) bond motifs is 5. The van der Waals surface area contributed by atoms with Gasteiger partial charge in [-0.25, -0.2) is 8.78 Å². The lowest BCUT2D eigenvalue weighted by Crippen LogP contribution is -2.48. The molecule has 3 fully saturated rings. The fourth-order valence-electron chi connectivity index (χ4n) is 7.73. The van der Waals surface area contributed by atoms with Crippen LogP contribution in [0, 0.1) is 40.9 Å². The van der Waals surface area contributed by atoms with Gasteiger partial charge in [0.2, 0.25) is 0 Å². The third kappa shape index (κ3) is 2.79. The minimum absolute atomic E-state index is 0.0338. The zero-order chi connectivity index (χ0) is 18.7. The molecule has 0 saturated heterocycles. The highest BCUT2D eigenvalue weighted by Crippen LogP contribution is 2.65. The first-order chi connectivity index (χ1) is 12.3. The quantitative estimate of drug-likeness (QED) is 0.588. The van der Waals surface area contributed by atoms with E-state index in [0.717, 1.165) is 50.9 Å². The van der Waals surface area contributed by atoms with Crippen molar-refractivity contribution in [3.8, 4) is 0 Å². The van der Waals surface area contributed by atoms with Crippen molar-refractivity contribution in [1.82, 2.24) is 0 Å². The number of hydrogen-bond donors (Lipinski definition) is 1. The monoisotopic (exact) mass is 366 g/mol. The highest BCUT2D eigenvalue weighted by molar-refractivity contribution is 5.20. The van der Waals surface area contributed by atoms with Crippen molar-refractivity contribution in [2.24, 2.45) is 40.9 Å². The second-order valence-electron chi connectivity index (χ2n) is 10.1. The molecule has 0 spiro atoms. The maximum Gasteiger partial charge on any atom is 0.250 e. The molecule has 0 amide bonds. The predicted octanol–water partition coefficient (Wildman–Crippen LogP) is 6.22. The first-order valence-corrected chi connectivity index (χ1v) is 11.0. The molecule has 0 aromatic heterocycles. The number of hydrogen-bond acceptors (Lipinski definition) is 1. The minimum Gasteiger partial charge on any atom is -0.393 e. The molecule has 0 heterocycles. The largest absolute Gasteiger partial charge is 0.393 e. The normalized spacial score (nSPS) is 46.8. The highest BCUT2D eigenvalue weighted by atomic mass is 19.3. The fraction of sp³-hybridized carbons (Fsp3) is 0.913. The van der Waals surface area contributed by atoms with E-state index >= 15 is 0 Å². The van der Waals surface area contributed by atoms with E-state index in [2.05, 4.69) is 13.0 Å². The van der Waals surface area contributed by atoms with E-state index in [0.29, 0.717) is 17.8 Å². The third-order valence-corrected chi connectivity index (χ3v) is 9.23. The molecular weight excluding hydrogens is 330 g/mol. The lowest BCUT2D eigenvalue weighted by molar-refractivity contribution is -0.111. The summed E-state index contributed by atoms with van der Waals surface area (Å²) in [5.41, 5.74) is 1.60. The molecule has 4 aliphatic carbocycles. The van der Waals surface area contributed by atoms with Gasteiger partial charge in [0.15, 0.2) is 0 Å². The van der Waals surface area contributed by atoms with Gasteiger partial charge >= 0.3 is 0 Å². The van der Waals surface area contributed by atoms with Crippen molar-refractivity contribution in [2.45, 2.75) is 90.6 Å². The van der Waals surface area contributed by atoms with Crippen LogP contribution in [0.3, 0.4) is 0 Å². The summed E-state index contributed by atoms with van der Waals surface area (Å²) >= 11 is 0. The number of allylic oxidation sites excluding steroid dienone is 1. The van der Waals surface area contributed by atoms with Gasteiger partial charge in [-0.05, 0) is 86.4 Å². The van der Waals surface area contributed by atoms with Crippen molar-refractivity contribution in [1.29, 1.82) is 0 Å². The molecule has 0 aromatic rings. The van der Waals surface area contributed by atoms with Crippen LogP contribution in [0.4, 0.5) is 8.78 Å². The Hall–Kier alpha value is -0.440. The van der Waals surface area contributed by atoms with E-state index in [1.807, 2.05) is 6.92 Å². The summed E-state index contributed by atoms with van der Waals surface area (Å²) in [7, 11) is 0. The molecule has 148 valence electrons.